The van der Waals surface area contributed by atoms with E-state index in [1.54, 1.807) is 19.2 Å². The van der Waals surface area contributed by atoms with Gasteiger partial charge in [-0.25, -0.2) is 0 Å². The van der Waals surface area contributed by atoms with E-state index in [9.17, 15) is 10.1 Å². The molecule has 2 unspecified atom stereocenters. The third kappa shape index (κ3) is 2.87. The van der Waals surface area contributed by atoms with Gasteiger partial charge in [-0.1, -0.05) is 29.8 Å². The van der Waals surface area contributed by atoms with Crippen molar-refractivity contribution in [2.75, 3.05) is 7.11 Å². The average molecular weight is 343 g/mol. The molecule has 2 rings (SSSR count). The first-order chi connectivity index (χ1) is 9.36. The van der Waals surface area contributed by atoms with Crippen LogP contribution in [0.4, 0.5) is 5.69 Å². The van der Waals surface area contributed by atoms with Crippen LogP contribution in [0.25, 0.3) is 0 Å². The number of hydrogen-bond acceptors (Lipinski definition) is 4. The third-order valence-corrected chi connectivity index (χ3v) is 4.99. The van der Waals surface area contributed by atoms with Crippen molar-refractivity contribution >= 4 is 21.6 Å². The van der Waals surface area contributed by atoms with Crippen molar-refractivity contribution in [3.05, 3.63) is 38.3 Å². The second-order valence-electron chi connectivity index (χ2n) is 5.75. The molecule has 1 aromatic carbocycles. The third-order valence-electron chi connectivity index (χ3n) is 4.25. The van der Waals surface area contributed by atoms with Crippen molar-refractivity contribution < 1.29 is 9.66 Å². The number of nitrogens with zero attached hydrogens (tertiary/aromatic N) is 1. The Morgan fingerprint density at radius 2 is 2.25 bits per heavy atom. The van der Waals surface area contributed by atoms with Crippen LogP contribution in [-0.2, 0) is 11.3 Å². The predicted molar refractivity (Wildman–Crippen MR) is 80.6 cm³/mol. The molecule has 0 spiro atoms. The summed E-state index contributed by atoms with van der Waals surface area (Å²) in [6, 6.07) is 5.26. The number of nitro groups is 1. The number of hydrogen-bond donors (Lipinski definition) is 1. The van der Waals surface area contributed by atoms with Gasteiger partial charge in [-0.2, -0.15) is 0 Å². The van der Waals surface area contributed by atoms with Gasteiger partial charge in [-0.3, -0.25) is 10.1 Å². The normalized spacial score (nSPS) is 24.2. The topological polar surface area (TPSA) is 64.4 Å². The highest BCUT2D eigenvalue weighted by Crippen LogP contribution is 2.42. The first-order valence-corrected chi connectivity index (χ1v) is 7.34. The number of nitro benzene ring substituents is 1. The highest BCUT2D eigenvalue weighted by molar-refractivity contribution is 9.10. The predicted octanol–water partition coefficient (Wildman–Crippen LogP) is 3.26. The number of halogens is 1. The van der Waals surface area contributed by atoms with E-state index < -0.39 is 0 Å². The van der Waals surface area contributed by atoms with Gasteiger partial charge in [0.25, 0.3) is 5.69 Å². The molecule has 0 aliphatic heterocycles. The van der Waals surface area contributed by atoms with Crippen molar-refractivity contribution in [2.24, 2.45) is 5.41 Å². The van der Waals surface area contributed by atoms with Crippen LogP contribution in [0.2, 0.25) is 0 Å². The Labute approximate surface area is 127 Å². The molecular weight excluding hydrogens is 324 g/mol. The van der Waals surface area contributed by atoms with Gasteiger partial charge in [0.1, 0.15) is 0 Å². The minimum atomic E-state index is -0.389. The van der Waals surface area contributed by atoms with Crippen molar-refractivity contribution in [3.8, 4) is 0 Å². The zero-order chi connectivity index (χ0) is 14.9. The Kier molecular flexibility index (Phi) is 4.46. The molecule has 0 heterocycles. The fourth-order valence-corrected chi connectivity index (χ4v) is 3.17. The molecule has 5 nitrogen and oxygen atoms in total. The maximum atomic E-state index is 10.7. The average Bonchev–Trinajstić information content (AvgIpc) is 2.39. The van der Waals surface area contributed by atoms with Gasteiger partial charge in [0, 0.05) is 41.7 Å². The molecule has 1 aromatic rings. The maximum Gasteiger partial charge on any atom is 0.270 e. The summed E-state index contributed by atoms with van der Waals surface area (Å²) < 4.78 is 6.19. The first-order valence-electron chi connectivity index (χ1n) is 6.55. The Morgan fingerprint density at radius 1 is 1.55 bits per heavy atom. The van der Waals surface area contributed by atoms with Crippen LogP contribution in [0.5, 0.6) is 0 Å². The Hall–Kier alpha value is -0.980. The van der Waals surface area contributed by atoms with Crippen LogP contribution < -0.4 is 5.32 Å². The van der Waals surface area contributed by atoms with E-state index in [2.05, 4.69) is 35.1 Å². The summed E-state index contributed by atoms with van der Waals surface area (Å²) in [6.45, 7) is 5.06. The molecule has 0 saturated heterocycles. The Bertz CT molecular complexity index is 519. The largest absolute Gasteiger partial charge is 0.381 e. The van der Waals surface area contributed by atoms with Crippen molar-refractivity contribution in [1.29, 1.82) is 0 Å². The zero-order valence-corrected chi connectivity index (χ0v) is 13.4. The first kappa shape index (κ1) is 15.4. The van der Waals surface area contributed by atoms with Crippen molar-refractivity contribution in [3.63, 3.8) is 0 Å². The summed E-state index contributed by atoms with van der Waals surface area (Å²) in [7, 11) is 1.75. The smallest absolute Gasteiger partial charge is 0.270 e. The van der Waals surface area contributed by atoms with E-state index in [1.165, 1.54) is 6.07 Å². The summed E-state index contributed by atoms with van der Waals surface area (Å²) in [5.74, 6) is 0. The second-order valence-corrected chi connectivity index (χ2v) is 6.60. The van der Waals surface area contributed by atoms with E-state index in [-0.39, 0.29) is 16.0 Å². The highest BCUT2D eigenvalue weighted by atomic mass is 79.9. The van der Waals surface area contributed by atoms with E-state index in [0.717, 1.165) is 16.5 Å². The molecule has 0 amide bonds. The van der Waals surface area contributed by atoms with Crippen molar-refractivity contribution in [1.82, 2.24) is 5.32 Å². The minimum absolute atomic E-state index is 0.101. The lowest BCUT2D eigenvalue weighted by molar-refractivity contribution is -0.384. The van der Waals surface area contributed by atoms with Crippen LogP contribution >= 0.6 is 15.9 Å². The monoisotopic (exact) mass is 342 g/mol. The summed E-state index contributed by atoms with van der Waals surface area (Å²) in [5, 5.41) is 14.2. The summed E-state index contributed by atoms with van der Waals surface area (Å²) in [4.78, 5) is 10.3. The lowest BCUT2D eigenvalue weighted by Crippen LogP contribution is -2.60. The van der Waals surface area contributed by atoms with Crippen LogP contribution in [0.15, 0.2) is 22.7 Å². The van der Waals surface area contributed by atoms with E-state index in [4.69, 9.17) is 4.74 Å². The Balaban J connectivity index is 1.97. The van der Waals surface area contributed by atoms with Crippen molar-refractivity contribution in [2.45, 2.75) is 39.0 Å². The molecule has 2 atom stereocenters. The molecule has 0 radical (unpaired) electrons. The lowest BCUT2D eigenvalue weighted by atomic mass is 9.64. The summed E-state index contributed by atoms with van der Waals surface area (Å²) >= 11 is 3.39. The van der Waals surface area contributed by atoms with Crippen LogP contribution in [0, 0.1) is 15.5 Å². The van der Waals surface area contributed by atoms with Crippen LogP contribution in [0.1, 0.15) is 25.8 Å². The SMILES string of the molecule is COC1CC(NCc2ccc([N+](=O)[O-])cc2Br)C1(C)C. The molecule has 1 aliphatic rings. The van der Waals surface area contributed by atoms with E-state index in [1.807, 2.05) is 0 Å². The lowest BCUT2D eigenvalue weighted by Gasteiger charge is -2.51. The van der Waals surface area contributed by atoms with Gasteiger partial charge in [-0.05, 0) is 18.1 Å². The van der Waals surface area contributed by atoms with E-state index >= 15 is 0 Å². The zero-order valence-electron chi connectivity index (χ0n) is 11.9. The van der Waals surface area contributed by atoms with Gasteiger partial charge >= 0.3 is 0 Å². The van der Waals surface area contributed by atoms with Gasteiger partial charge in [0.15, 0.2) is 0 Å². The van der Waals surface area contributed by atoms with Crippen LogP contribution in [-0.4, -0.2) is 24.2 Å². The van der Waals surface area contributed by atoms with Gasteiger partial charge < -0.3 is 10.1 Å². The highest BCUT2D eigenvalue weighted by Gasteiger charge is 2.48. The Morgan fingerprint density at radius 3 is 2.75 bits per heavy atom. The molecule has 0 aromatic heterocycles. The van der Waals surface area contributed by atoms with Gasteiger partial charge in [-0.15, -0.1) is 0 Å². The number of ether oxygens (including phenoxy) is 1. The molecule has 1 N–H and O–H groups in total. The summed E-state index contributed by atoms with van der Waals surface area (Å²) in [5.41, 5.74) is 1.23. The molecular formula is C14H19BrN2O3. The number of rotatable bonds is 5. The standard InChI is InChI=1S/C14H19BrN2O3/c1-14(2)12(7-13(14)20-3)16-8-9-4-5-10(17(18)19)6-11(9)15/h4-6,12-13,16H,7-8H2,1-3H3. The van der Waals surface area contributed by atoms with Gasteiger partial charge in [0.2, 0.25) is 0 Å². The minimum Gasteiger partial charge on any atom is -0.381 e. The quantitative estimate of drug-likeness (QED) is 0.658. The summed E-state index contributed by atoms with van der Waals surface area (Å²) in [6.07, 6.45) is 1.29. The number of nitrogens with one attached hydrogen (secondary N) is 1. The number of non-ortho nitro benzene ring substituents is 1. The maximum absolute atomic E-state index is 10.7. The molecule has 1 saturated carbocycles. The molecule has 1 fully saturated rings. The molecule has 1 aliphatic carbocycles. The number of benzene rings is 1. The van der Waals surface area contributed by atoms with Crippen LogP contribution in [0.3, 0.4) is 0 Å². The fourth-order valence-electron chi connectivity index (χ4n) is 2.66. The molecule has 110 valence electrons. The van der Waals surface area contributed by atoms with E-state index in [0.29, 0.717) is 18.7 Å². The van der Waals surface area contributed by atoms with Gasteiger partial charge in [0.05, 0.1) is 11.0 Å². The number of methoxy groups -OCH3 is 1. The molecule has 20 heavy (non-hydrogen) atoms. The fraction of sp³-hybridized carbons (Fsp3) is 0.571. The second kappa shape index (κ2) is 5.79. The molecule has 0 bridgehead atoms. The molecule has 6 heteroatoms.